The second kappa shape index (κ2) is 7.58. The van der Waals surface area contributed by atoms with E-state index in [0.29, 0.717) is 11.1 Å². The molecule has 0 aliphatic rings. The first-order valence-corrected chi connectivity index (χ1v) is 6.75. The molecule has 0 atom stereocenters. The largest absolute Gasteiger partial charge is 0.273 e. The first-order valence-electron chi connectivity index (χ1n) is 6.75. The molecule has 0 bridgehead atoms. The summed E-state index contributed by atoms with van der Waals surface area (Å²) < 4.78 is 0. The average molecular weight is 328 g/mol. The molecule has 0 unspecified atom stereocenters. The van der Waals surface area contributed by atoms with Gasteiger partial charge in [0.25, 0.3) is 11.4 Å². The van der Waals surface area contributed by atoms with Crippen LogP contribution < -0.4 is 5.43 Å². The van der Waals surface area contributed by atoms with E-state index in [4.69, 9.17) is 0 Å². The molecule has 0 aliphatic heterocycles. The molecule has 24 heavy (non-hydrogen) atoms. The van der Waals surface area contributed by atoms with Crippen LogP contribution in [0.3, 0.4) is 0 Å². The van der Waals surface area contributed by atoms with Gasteiger partial charge in [0, 0.05) is 24.3 Å². The van der Waals surface area contributed by atoms with Crippen LogP contribution in [0.1, 0.15) is 11.1 Å². The van der Waals surface area contributed by atoms with Gasteiger partial charge in [-0.1, -0.05) is 12.1 Å². The lowest BCUT2D eigenvalue weighted by Crippen LogP contribution is -2.19. The quantitative estimate of drug-likeness (QED) is 0.494. The highest BCUT2D eigenvalue weighted by Crippen LogP contribution is 2.12. The van der Waals surface area contributed by atoms with Crippen molar-refractivity contribution in [1.82, 2.24) is 5.43 Å². The fourth-order valence-corrected chi connectivity index (χ4v) is 1.82. The molecule has 9 nitrogen and oxygen atoms in total. The van der Waals surface area contributed by atoms with Crippen molar-refractivity contribution in [1.29, 1.82) is 0 Å². The molecule has 0 fully saturated rings. The van der Waals surface area contributed by atoms with E-state index in [1.54, 1.807) is 0 Å². The molecule has 1 amide bonds. The Labute approximate surface area is 135 Å². The van der Waals surface area contributed by atoms with Crippen molar-refractivity contribution >= 4 is 23.5 Å². The smallest absolute Gasteiger partial charge is 0.269 e. The first-order chi connectivity index (χ1) is 11.5. The predicted octanol–water partition coefficient (Wildman–Crippen LogP) is 2.20. The summed E-state index contributed by atoms with van der Waals surface area (Å²) in [5.74, 6) is -0.387. The van der Waals surface area contributed by atoms with Crippen molar-refractivity contribution in [2.45, 2.75) is 6.42 Å². The Kier molecular flexibility index (Phi) is 5.29. The van der Waals surface area contributed by atoms with E-state index >= 15 is 0 Å². The Hall–Kier alpha value is -3.62. The highest BCUT2D eigenvalue weighted by atomic mass is 16.6. The highest BCUT2D eigenvalue weighted by Gasteiger charge is 2.07. The zero-order valence-corrected chi connectivity index (χ0v) is 12.3. The van der Waals surface area contributed by atoms with Gasteiger partial charge in [-0.25, -0.2) is 5.43 Å². The third-order valence-electron chi connectivity index (χ3n) is 3.02. The summed E-state index contributed by atoms with van der Waals surface area (Å²) in [6.07, 6.45) is 1.38. The molecule has 0 spiro atoms. The van der Waals surface area contributed by atoms with Crippen LogP contribution in [0.15, 0.2) is 53.6 Å². The zero-order valence-electron chi connectivity index (χ0n) is 12.3. The number of nitro groups is 2. The molecule has 122 valence electrons. The minimum Gasteiger partial charge on any atom is -0.273 e. The number of carbonyl (C=O) groups is 1. The van der Waals surface area contributed by atoms with Crippen LogP contribution in [0.5, 0.6) is 0 Å². The van der Waals surface area contributed by atoms with Gasteiger partial charge < -0.3 is 0 Å². The Morgan fingerprint density at radius 2 is 1.46 bits per heavy atom. The fraction of sp³-hybridized carbons (Fsp3) is 0.0667. The van der Waals surface area contributed by atoms with Crippen molar-refractivity contribution < 1.29 is 14.6 Å². The number of rotatable bonds is 6. The van der Waals surface area contributed by atoms with Gasteiger partial charge in [-0.05, 0) is 23.3 Å². The summed E-state index contributed by atoms with van der Waals surface area (Å²) in [6, 6.07) is 11.3. The lowest BCUT2D eigenvalue weighted by Gasteiger charge is -2.00. The molecule has 0 radical (unpaired) electrons. The van der Waals surface area contributed by atoms with Crippen molar-refractivity contribution in [3.05, 3.63) is 79.9 Å². The SMILES string of the molecule is O=C(Cc1ccc([N+](=O)[O-])cc1)N/N=C/c1ccc([N+](=O)[O-])cc1. The van der Waals surface area contributed by atoms with Crippen molar-refractivity contribution in [2.75, 3.05) is 0 Å². The maximum Gasteiger partial charge on any atom is 0.269 e. The van der Waals surface area contributed by atoms with Crippen LogP contribution >= 0.6 is 0 Å². The van der Waals surface area contributed by atoms with Crippen molar-refractivity contribution in [3.63, 3.8) is 0 Å². The molecule has 0 saturated carbocycles. The third-order valence-corrected chi connectivity index (χ3v) is 3.02. The third kappa shape index (κ3) is 4.70. The molecule has 0 heterocycles. The lowest BCUT2D eigenvalue weighted by molar-refractivity contribution is -0.385. The van der Waals surface area contributed by atoms with Crippen LogP contribution in [-0.2, 0) is 11.2 Å². The Bertz CT molecular complexity index is 785. The van der Waals surface area contributed by atoms with Gasteiger partial charge in [0.2, 0.25) is 5.91 Å². The van der Waals surface area contributed by atoms with Crippen molar-refractivity contribution in [2.24, 2.45) is 5.10 Å². The zero-order chi connectivity index (χ0) is 17.5. The second-order valence-electron chi connectivity index (χ2n) is 4.74. The van der Waals surface area contributed by atoms with E-state index < -0.39 is 9.85 Å². The molecular weight excluding hydrogens is 316 g/mol. The molecule has 2 aromatic rings. The number of nitro benzene ring substituents is 2. The van der Waals surface area contributed by atoms with Gasteiger partial charge in [0.1, 0.15) is 0 Å². The predicted molar refractivity (Wildman–Crippen MR) is 85.6 cm³/mol. The molecule has 0 saturated heterocycles. The van der Waals surface area contributed by atoms with E-state index in [1.165, 1.54) is 54.7 Å². The monoisotopic (exact) mass is 328 g/mol. The summed E-state index contributed by atoms with van der Waals surface area (Å²) in [6.45, 7) is 0. The second-order valence-corrected chi connectivity index (χ2v) is 4.74. The van der Waals surface area contributed by atoms with Gasteiger partial charge >= 0.3 is 0 Å². The van der Waals surface area contributed by atoms with Crippen LogP contribution in [0.2, 0.25) is 0 Å². The molecule has 1 N–H and O–H groups in total. The van der Waals surface area contributed by atoms with E-state index in [1.807, 2.05) is 0 Å². The van der Waals surface area contributed by atoms with E-state index in [0.717, 1.165) is 0 Å². The fourth-order valence-electron chi connectivity index (χ4n) is 1.82. The number of non-ortho nitro benzene ring substituents is 2. The number of hydrogen-bond acceptors (Lipinski definition) is 6. The van der Waals surface area contributed by atoms with Crippen LogP contribution in [0.4, 0.5) is 11.4 Å². The summed E-state index contributed by atoms with van der Waals surface area (Å²) in [4.78, 5) is 31.8. The standard InChI is InChI=1S/C15H12N4O5/c20-15(9-11-1-5-13(6-2-11)18(21)22)17-16-10-12-3-7-14(8-4-12)19(23)24/h1-8,10H,9H2,(H,17,20)/b16-10+. The van der Waals surface area contributed by atoms with Gasteiger partial charge in [-0.3, -0.25) is 25.0 Å². The van der Waals surface area contributed by atoms with Crippen LogP contribution in [-0.4, -0.2) is 22.0 Å². The number of hydrazone groups is 1. The van der Waals surface area contributed by atoms with Crippen LogP contribution in [0, 0.1) is 20.2 Å². The molecule has 0 aromatic heterocycles. The van der Waals surface area contributed by atoms with Gasteiger partial charge in [0.15, 0.2) is 0 Å². The van der Waals surface area contributed by atoms with E-state index in [-0.39, 0.29) is 23.7 Å². The summed E-state index contributed by atoms with van der Waals surface area (Å²) in [5, 5.41) is 24.8. The Morgan fingerprint density at radius 3 is 1.96 bits per heavy atom. The molecule has 0 aliphatic carbocycles. The summed E-state index contributed by atoms with van der Waals surface area (Å²) in [5.41, 5.74) is 3.45. The van der Waals surface area contributed by atoms with E-state index in [9.17, 15) is 25.0 Å². The van der Waals surface area contributed by atoms with Gasteiger partial charge in [0.05, 0.1) is 22.5 Å². The number of nitrogens with zero attached hydrogens (tertiary/aromatic N) is 3. The molecule has 9 heteroatoms. The average Bonchev–Trinajstić information content (AvgIpc) is 2.55. The molecule has 2 aromatic carbocycles. The first kappa shape index (κ1) is 16.7. The lowest BCUT2D eigenvalue weighted by atomic mass is 10.1. The topological polar surface area (TPSA) is 128 Å². The van der Waals surface area contributed by atoms with Crippen LogP contribution in [0.25, 0.3) is 0 Å². The Morgan fingerprint density at radius 1 is 0.958 bits per heavy atom. The number of hydrogen-bond donors (Lipinski definition) is 1. The van der Waals surface area contributed by atoms with E-state index in [2.05, 4.69) is 10.5 Å². The maximum atomic E-state index is 11.7. The minimum atomic E-state index is -0.516. The van der Waals surface area contributed by atoms with Gasteiger partial charge in [-0.2, -0.15) is 5.10 Å². The Balaban J connectivity index is 1.88. The number of amides is 1. The summed E-state index contributed by atoms with van der Waals surface area (Å²) in [7, 11) is 0. The molecular formula is C15H12N4O5. The highest BCUT2D eigenvalue weighted by molar-refractivity contribution is 5.83. The maximum absolute atomic E-state index is 11.7. The van der Waals surface area contributed by atoms with Crippen molar-refractivity contribution in [3.8, 4) is 0 Å². The number of nitrogens with one attached hydrogen (secondary N) is 1. The van der Waals surface area contributed by atoms with Gasteiger partial charge in [-0.15, -0.1) is 0 Å². The normalized spacial score (nSPS) is 10.5. The number of benzene rings is 2. The number of carbonyl (C=O) groups excluding carboxylic acids is 1. The summed E-state index contributed by atoms with van der Waals surface area (Å²) >= 11 is 0. The molecule has 2 rings (SSSR count). The minimum absolute atomic E-state index is 0.0234.